The van der Waals surface area contributed by atoms with E-state index >= 15 is 0 Å². The van der Waals surface area contributed by atoms with Gasteiger partial charge in [-0.2, -0.15) is 0 Å². The van der Waals surface area contributed by atoms with Gasteiger partial charge in [0.1, 0.15) is 6.33 Å². The molecule has 1 aliphatic heterocycles. The molecule has 0 spiro atoms. The summed E-state index contributed by atoms with van der Waals surface area (Å²) < 4.78 is 22.8. The van der Waals surface area contributed by atoms with Crippen molar-refractivity contribution in [1.29, 1.82) is 0 Å². The van der Waals surface area contributed by atoms with E-state index in [0.29, 0.717) is 37.5 Å². The van der Waals surface area contributed by atoms with Crippen molar-refractivity contribution in [2.45, 2.75) is 17.7 Å². The highest BCUT2D eigenvalue weighted by Gasteiger charge is 2.28. The van der Waals surface area contributed by atoms with Gasteiger partial charge < -0.3 is 10.2 Å². The summed E-state index contributed by atoms with van der Waals surface area (Å²) in [6.07, 6.45) is 4.55. The third-order valence-corrected chi connectivity index (χ3v) is 6.85. The van der Waals surface area contributed by atoms with Gasteiger partial charge in [-0.05, 0) is 53.8 Å². The van der Waals surface area contributed by atoms with Crippen molar-refractivity contribution < 1.29 is 13.3 Å². The largest absolute Gasteiger partial charge is 0.364 e. The maximum atomic E-state index is 11.9. The smallest absolute Gasteiger partial charge is 0.353 e. The van der Waals surface area contributed by atoms with E-state index in [2.05, 4.69) is 15.3 Å². The highest BCUT2D eigenvalue weighted by molar-refractivity contribution is 7.89. The fourth-order valence-electron chi connectivity index (χ4n) is 3.86. The van der Waals surface area contributed by atoms with Gasteiger partial charge in [-0.1, -0.05) is 41.9 Å². The van der Waals surface area contributed by atoms with Gasteiger partial charge in [0.15, 0.2) is 0 Å². The summed E-state index contributed by atoms with van der Waals surface area (Å²) >= 11 is 5.97. The number of aromatic nitrogens is 2. The molecule has 182 valence electrons. The summed E-state index contributed by atoms with van der Waals surface area (Å²) in [5.74, 6) is 0.394. The van der Waals surface area contributed by atoms with E-state index in [1.54, 1.807) is 12.1 Å². The van der Waals surface area contributed by atoms with Gasteiger partial charge >= 0.3 is 5.69 Å². The molecular weight excluding hydrogens is 492 g/mol. The van der Waals surface area contributed by atoms with E-state index in [9.17, 15) is 18.5 Å². The van der Waals surface area contributed by atoms with Crippen LogP contribution >= 0.6 is 11.6 Å². The first-order valence-electron chi connectivity index (χ1n) is 10.8. The van der Waals surface area contributed by atoms with E-state index in [0.717, 1.165) is 16.7 Å². The molecular formula is C23H23ClN6O4S. The van der Waals surface area contributed by atoms with Crippen LogP contribution < -0.4 is 15.4 Å². The number of sulfonamides is 1. The molecule has 1 aliphatic rings. The van der Waals surface area contributed by atoms with E-state index in [-0.39, 0.29) is 22.2 Å². The van der Waals surface area contributed by atoms with E-state index in [1.165, 1.54) is 18.5 Å². The SMILES string of the molecule is NS(=O)(=O)c1ccc(CCNc2ncnc(N3CC=C(c4ccc(Cl)cc4)CC3)c2[N+](=O)[O-])cc1. The lowest BCUT2D eigenvalue weighted by Crippen LogP contribution is -2.30. The summed E-state index contributed by atoms with van der Waals surface area (Å²) in [4.78, 5) is 21.6. The number of hydrogen-bond acceptors (Lipinski definition) is 8. The van der Waals surface area contributed by atoms with Crippen LogP contribution in [0.25, 0.3) is 5.57 Å². The highest BCUT2D eigenvalue weighted by atomic mass is 35.5. The van der Waals surface area contributed by atoms with Crippen LogP contribution in [0.4, 0.5) is 17.3 Å². The minimum atomic E-state index is -3.76. The average Bonchev–Trinajstić information content (AvgIpc) is 2.84. The van der Waals surface area contributed by atoms with Crippen LogP contribution in [0.3, 0.4) is 0 Å². The molecule has 1 aromatic heterocycles. The molecule has 0 atom stereocenters. The van der Waals surface area contributed by atoms with Crippen molar-refractivity contribution in [1.82, 2.24) is 9.97 Å². The molecule has 0 radical (unpaired) electrons. The molecule has 35 heavy (non-hydrogen) atoms. The molecule has 2 heterocycles. The van der Waals surface area contributed by atoms with Gasteiger partial charge in [0.2, 0.25) is 21.7 Å². The average molecular weight is 515 g/mol. The van der Waals surface area contributed by atoms with Gasteiger partial charge in [-0.15, -0.1) is 0 Å². The van der Waals surface area contributed by atoms with E-state index in [4.69, 9.17) is 16.7 Å². The molecule has 3 N–H and O–H groups in total. The molecule has 0 amide bonds. The van der Waals surface area contributed by atoms with Gasteiger partial charge in [-0.3, -0.25) is 10.1 Å². The maximum absolute atomic E-state index is 11.9. The Kier molecular flexibility index (Phi) is 7.29. The van der Waals surface area contributed by atoms with Gasteiger partial charge in [-0.25, -0.2) is 23.5 Å². The molecule has 0 aliphatic carbocycles. The Labute approximate surface area is 207 Å². The van der Waals surface area contributed by atoms with Crippen LogP contribution in [-0.4, -0.2) is 42.9 Å². The number of anilines is 2. The second kappa shape index (κ2) is 10.4. The lowest BCUT2D eigenvalue weighted by atomic mass is 9.99. The zero-order valence-electron chi connectivity index (χ0n) is 18.6. The van der Waals surface area contributed by atoms with Crippen LogP contribution in [0, 0.1) is 10.1 Å². The number of nitrogens with zero attached hydrogens (tertiary/aromatic N) is 4. The second-order valence-electron chi connectivity index (χ2n) is 7.95. The molecule has 0 fully saturated rings. The number of benzene rings is 2. The molecule has 0 saturated heterocycles. The van der Waals surface area contributed by atoms with E-state index < -0.39 is 14.9 Å². The number of primary sulfonamides is 1. The molecule has 12 heteroatoms. The van der Waals surface area contributed by atoms with Crippen molar-refractivity contribution in [3.05, 3.63) is 87.2 Å². The molecule has 4 rings (SSSR count). The van der Waals surface area contributed by atoms with Crippen molar-refractivity contribution in [3.63, 3.8) is 0 Å². The summed E-state index contributed by atoms with van der Waals surface area (Å²) in [5.41, 5.74) is 2.89. The van der Waals surface area contributed by atoms with Crippen LogP contribution in [-0.2, 0) is 16.4 Å². The first kappa shape index (κ1) is 24.6. The predicted octanol–water partition coefficient (Wildman–Crippen LogP) is 3.63. The number of rotatable bonds is 8. The molecule has 10 nitrogen and oxygen atoms in total. The predicted molar refractivity (Wildman–Crippen MR) is 135 cm³/mol. The number of halogens is 1. The normalized spacial score (nSPS) is 13.9. The minimum Gasteiger partial charge on any atom is -0.364 e. The number of nitro groups is 1. The molecule has 2 aromatic carbocycles. The van der Waals surface area contributed by atoms with Crippen molar-refractivity contribution in [2.75, 3.05) is 29.9 Å². The fourth-order valence-corrected chi connectivity index (χ4v) is 4.50. The van der Waals surface area contributed by atoms with Crippen molar-refractivity contribution in [3.8, 4) is 0 Å². The molecule has 0 saturated carbocycles. The second-order valence-corrected chi connectivity index (χ2v) is 9.95. The number of nitrogens with one attached hydrogen (secondary N) is 1. The van der Waals surface area contributed by atoms with E-state index in [1.807, 2.05) is 35.2 Å². The Bertz CT molecular complexity index is 1360. The third kappa shape index (κ3) is 5.94. The topological polar surface area (TPSA) is 144 Å². The fraction of sp³-hybridized carbons (Fsp3) is 0.217. The number of nitrogens with two attached hydrogens (primary N) is 1. The van der Waals surface area contributed by atoms with Crippen molar-refractivity contribution in [2.24, 2.45) is 5.14 Å². The lowest BCUT2D eigenvalue weighted by Gasteiger charge is -2.27. The molecule has 0 unspecified atom stereocenters. The Hall–Kier alpha value is -3.54. The quantitative estimate of drug-likeness (QED) is 0.342. The van der Waals surface area contributed by atoms with Crippen LogP contribution in [0.15, 0.2) is 65.8 Å². The lowest BCUT2D eigenvalue weighted by molar-refractivity contribution is -0.383. The third-order valence-electron chi connectivity index (χ3n) is 5.67. The Morgan fingerprint density at radius 3 is 2.43 bits per heavy atom. The summed E-state index contributed by atoms with van der Waals surface area (Å²) in [5, 5.41) is 20.7. The zero-order valence-corrected chi connectivity index (χ0v) is 20.2. The van der Waals surface area contributed by atoms with Gasteiger partial charge in [0.25, 0.3) is 0 Å². The number of hydrogen-bond donors (Lipinski definition) is 2. The Balaban J connectivity index is 1.46. The summed E-state index contributed by atoms with van der Waals surface area (Å²) in [7, 11) is -3.76. The van der Waals surface area contributed by atoms with Crippen LogP contribution in [0.5, 0.6) is 0 Å². The summed E-state index contributed by atoms with van der Waals surface area (Å²) in [6, 6.07) is 13.8. The van der Waals surface area contributed by atoms with Crippen LogP contribution in [0.2, 0.25) is 5.02 Å². The Morgan fingerprint density at radius 2 is 1.83 bits per heavy atom. The van der Waals surface area contributed by atoms with Gasteiger partial charge in [0, 0.05) is 24.7 Å². The zero-order chi connectivity index (χ0) is 25.0. The minimum absolute atomic E-state index is 0.0279. The highest BCUT2D eigenvalue weighted by Crippen LogP contribution is 2.34. The maximum Gasteiger partial charge on any atom is 0.353 e. The molecule has 3 aromatic rings. The first-order chi connectivity index (χ1) is 16.7. The standard InChI is InChI=1S/C23H23ClN6O4S/c24-19-5-3-17(4-6-19)18-10-13-29(14-11-18)23-21(30(31)32)22(27-15-28-23)26-12-9-16-1-7-20(8-2-16)35(25,33)34/h1-8,10,15H,9,11-14H2,(H2,25,33,34)(H,26,27,28). The molecule has 0 bridgehead atoms. The van der Waals surface area contributed by atoms with Gasteiger partial charge in [0.05, 0.1) is 9.82 Å². The first-order valence-corrected chi connectivity index (χ1v) is 12.7. The van der Waals surface area contributed by atoms with Crippen LogP contribution in [0.1, 0.15) is 17.5 Å². The monoisotopic (exact) mass is 514 g/mol. The summed E-state index contributed by atoms with van der Waals surface area (Å²) in [6.45, 7) is 1.40. The Morgan fingerprint density at radius 1 is 1.11 bits per heavy atom. The van der Waals surface area contributed by atoms with Crippen molar-refractivity contribution >= 4 is 44.5 Å².